The minimum atomic E-state index is -0.632. The topological polar surface area (TPSA) is 390 Å². The van der Waals surface area contributed by atoms with Crippen LogP contribution in [0.4, 0.5) is 67.5 Å². The van der Waals surface area contributed by atoms with Gasteiger partial charge in [0, 0.05) is 104 Å². The summed E-state index contributed by atoms with van der Waals surface area (Å²) < 4.78 is 30.1. The van der Waals surface area contributed by atoms with Crippen LogP contribution in [0.2, 0.25) is 30.3 Å². The first-order chi connectivity index (χ1) is 61.7. The number of benzene rings is 5. The number of rotatable bonds is 27. The lowest BCUT2D eigenvalue weighted by molar-refractivity contribution is -0.117. The summed E-state index contributed by atoms with van der Waals surface area (Å²) >= 11 is 35.0. The highest BCUT2D eigenvalue weighted by Gasteiger charge is 2.18. The van der Waals surface area contributed by atoms with Crippen LogP contribution in [0.3, 0.4) is 0 Å². The Bertz CT molecular complexity index is 6150. The normalized spacial score (nSPS) is 10.4. The average molecular weight is 1850 g/mol. The van der Waals surface area contributed by atoms with Gasteiger partial charge in [-0.3, -0.25) is 0 Å². The van der Waals surface area contributed by atoms with E-state index in [-0.39, 0.29) is 54.5 Å². The van der Waals surface area contributed by atoms with Crippen molar-refractivity contribution in [3.63, 3.8) is 0 Å². The van der Waals surface area contributed by atoms with Gasteiger partial charge in [-0.25, -0.2) is 72.0 Å². The number of nitrogens with one attached hydrogen (secondary N) is 4. The number of nitrogen functional groups attached to an aromatic ring is 1. The molecule has 0 saturated carbocycles. The van der Waals surface area contributed by atoms with Crippen LogP contribution in [0.5, 0.6) is 0 Å². The summed E-state index contributed by atoms with van der Waals surface area (Å²) in [6.07, 6.45) is 10.4. The van der Waals surface area contributed by atoms with E-state index in [2.05, 4.69) is 81.4 Å². The van der Waals surface area contributed by atoms with Gasteiger partial charge in [0.1, 0.15) is 58.3 Å². The molecule has 31 nitrogen and oxygen atoms in total. The van der Waals surface area contributed by atoms with Crippen LogP contribution in [0.1, 0.15) is 95.3 Å². The number of nitrogens with zero attached hydrogens (tertiary/aromatic N) is 17. The van der Waals surface area contributed by atoms with Gasteiger partial charge in [0.25, 0.3) is 0 Å². The highest BCUT2D eigenvalue weighted by atomic mass is 35.5. The van der Waals surface area contributed by atoms with E-state index in [9.17, 15) is 28.7 Å². The minimum absolute atomic E-state index is 0.112. The van der Waals surface area contributed by atoms with Crippen molar-refractivity contribution in [2.75, 3.05) is 40.2 Å². The van der Waals surface area contributed by atoms with Gasteiger partial charge in [-0.2, -0.15) is 25.5 Å². The number of pyridine rings is 5. The molecule has 38 heteroatoms. The number of ether oxygens (including phenoxy) is 2. The number of halogens is 7. The fourth-order valence-electron chi connectivity index (χ4n) is 11.1. The molecule has 5 aromatic carbocycles. The van der Waals surface area contributed by atoms with E-state index in [4.69, 9.17) is 109 Å². The van der Waals surface area contributed by atoms with E-state index >= 15 is 0 Å². The van der Waals surface area contributed by atoms with Crippen LogP contribution in [0, 0.1) is 13.1 Å². The van der Waals surface area contributed by atoms with Gasteiger partial charge < -0.3 is 62.0 Å². The zero-order valence-electron chi connectivity index (χ0n) is 68.9. The number of hydrogen-bond acceptors (Lipinski definition) is 24. The lowest BCUT2D eigenvalue weighted by Gasteiger charge is -2.11. The predicted octanol–water partition coefficient (Wildman–Crippen LogP) is 19.9. The van der Waals surface area contributed by atoms with Crippen LogP contribution in [0.25, 0.3) is 38.8 Å². The van der Waals surface area contributed by atoms with Crippen molar-refractivity contribution in [2.45, 2.75) is 79.8 Å². The van der Waals surface area contributed by atoms with Crippen LogP contribution in [-0.2, 0) is 58.3 Å². The lowest BCUT2D eigenvalue weighted by atomic mass is 10.1. The first-order valence-corrected chi connectivity index (χ1v) is 41.2. The van der Waals surface area contributed by atoms with Gasteiger partial charge in [-0.15, -0.1) is 0 Å². The molecule has 0 amide bonds. The summed E-state index contributed by atoms with van der Waals surface area (Å²) in [6.45, 7) is 20.9. The van der Waals surface area contributed by atoms with Crippen LogP contribution in [0.15, 0.2) is 243 Å². The molecule has 128 heavy (non-hydrogen) atoms. The van der Waals surface area contributed by atoms with Crippen molar-refractivity contribution in [1.82, 2.24) is 73.8 Å². The third-order valence-corrected chi connectivity index (χ3v) is 18.7. The van der Waals surface area contributed by atoms with E-state index < -0.39 is 18.6 Å². The quantitative estimate of drug-likeness (QED) is 0.0103. The van der Waals surface area contributed by atoms with Crippen LogP contribution >= 0.6 is 69.6 Å². The Labute approximate surface area is 764 Å². The Morgan fingerprint density at radius 3 is 1.03 bits per heavy atom. The standard InChI is InChI=1S/C19H18ClFN4O.C19H19ClN4O2.C18H14ClN5O2.C16H16ClN5O.C12H9ClN4O2.C6H6ClN/c1-13(26)2-3-14-10-18(22-16-6-4-15(20)5-7-16)23-19(11-14)25-9-8-17(12-21)24-25;1-13(26)2-3-14-10-18(21-16-6-4-15(20)5-7-16)22-19(11-14)24-9-8-17(12-25)23-24;1-3-26-18(25)15-8-9-24(23-15)17-11-14(20-2)10-16(22-17)21-13-6-4-12(19)5-7-13;17-12-1-3-13(4-2-12)19-15-7-11(9-18)8-16(20-15)22-6-5-14(10-23)21-22;1-3-19-12(18)9-4-5-17(16-9)11-7-8(14-2)6-10(13)15-11;7-5-1-3-6(8)4-2-5/h4-11H,2-3,12H2,1H3,(H,22,23);4-11,25H,2-3,12H2,1H3,(H,21,22);4-11H,3H2,1H3,(H,21,22);1-8,23H,9-10,18H2,(H,19,20);4-7H,3H2,1H3;1-4H,8H2. The number of ketones is 2. The van der Waals surface area contributed by atoms with Crippen molar-refractivity contribution >= 4 is 156 Å². The fraction of sp³-hybridized carbons (Fsp3) is 0.156. The number of Topliss-reactive ketones (excluding diaryl/α,β-unsaturated/α-hetero) is 2. The minimum Gasteiger partial charge on any atom is -0.461 e. The molecule has 0 aliphatic heterocycles. The predicted molar refractivity (Wildman–Crippen MR) is 494 cm³/mol. The number of aliphatic hydroxyl groups is 2. The molecule has 0 bridgehead atoms. The maximum Gasteiger partial charge on any atom is 0.358 e. The van der Waals surface area contributed by atoms with E-state index in [1.54, 1.807) is 183 Å². The Morgan fingerprint density at radius 1 is 0.406 bits per heavy atom. The number of aryl methyl sites for hydroxylation is 2. The van der Waals surface area contributed by atoms with E-state index in [1.165, 1.54) is 38.3 Å². The molecule has 15 aromatic rings. The summed E-state index contributed by atoms with van der Waals surface area (Å²) in [5.41, 5.74) is 20.6. The number of anilines is 9. The lowest BCUT2D eigenvalue weighted by Crippen LogP contribution is -2.07. The zero-order chi connectivity index (χ0) is 91.6. The molecule has 654 valence electrons. The molecular weight excluding hydrogens is 1760 g/mol. The molecule has 0 spiro atoms. The van der Waals surface area contributed by atoms with Gasteiger partial charge in [0.05, 0.1) is 56.7 Å². The largest absolute Gasteiger partial charge is 0.461 e. The first-order valence-electron chi connectivity index (χ1n) is 38.9. The van der Waals surface area contributed by atoms with E-state index in [0.29, 0.717) is 133 Å². The second-order valence-electron chi connectivity index (χ2n) is 27.1. The summed E-state index contributed by atoms with van der Waals surface area (Å²) in [5.74, 6) is 4.21. The number of carbonyl (C=O) groups is 4. The third kappa shape index (κ3) is 30.3. The molecule has 10 aromatic heterocycles. The Hall–Kier alpha value is -14.3. The SMILES string of the molecule is CC(=O)CCc1cc(Nc2ccc(Cl)cc2)nc(-n2ccc(CF)n2)c1.CC(=O)CCc1cc(Nc2ccc(Cl)cc2)nc(-n2ccc(CO)n2)c1.NCc1cc(Nc2ccc(Cl)cc2)nc(-n2ccc(CO)n2)c1.Nc1ccc(Cl)cc1.[C-]#[N+]c1cc(Cl)nc(-n2ccc(C(=O)OCC)n2)c1.[C-]#[N+]c1cc(Nc2ccc(Cl)cc2)nc(-n2ccc(C(=O)OCC)n2)c1. The van der Waals surface area contributed by atoms with Gasteiger partial charge in [0.15, 0.2) is 40.2 Å². The van der Waals surface area contributed by atoms with Gasteiger partial charge >= 0.3 is 11.9 Å². The van der Waals surface area contributed by atoms with Crippen LogP contribution in [-0.4, -0.2) is 121 Å². The van der Waals surface area contributed by atoms with Gasteiger partial charge in [-0.1, -0.05) is 69.6 Å². The molecule has 0 atom stereocenters. The molecule has 0 fully saturated rings. The van der Waals surface area contributed by atoms with Crippen LogP contribution < -0.4 is 32.7 Å². The molecule has 15 rings (SSSR count). The maximum absolute atomic E-state index is 12.8. The maximum atomic E-state index is 12.8. The summed E-state index contributed by atoms with van der Waals surface area (Å²) in [4.78, 5) is 74.8. The molecule has 10 N–H and O–H groups in total. The van der Waals surface area contributed by atoms with Crippen molar-refractivity contribution in [2.24, 2.45) is 5.73 Å². The number of hydrogen-bond donors (Lipinski definition) is 8. The Morgan fingerprint density at radius 2 is 0.711 bits per heavy atom. The molecule has 0 aliphatic rings. The number of esters is 2. The van der Waals surface area contributed by atoms with Crippen molar-refractivity contribution in [1.29, 1.82) is 0 Å². The zero-order valence-corrected chi connectivity index (χ0v) is 73.4. The molecule has 10 heterocycles. The van der Waals surface area contributed by atoms with Gasteiger partial charge in [0.2, 0.25) is 0 Å². The molecule has 0 unspecified atom stereocenters. The Kier molecular flexibility index (Phi) is 36.2. The van der Waals surface area contributed by atoms with Gasteiger partial charge in [-0.05, 0) is 270 Å². The third-order valence-electron chi connectivity index (χ3n) is 17.3. The number of aromatic nitrogens is 15. The van der Waals surface area contributed by atoms with E-state index in [1.807, 2.05) is 72.8 Å². The second kappa shape index (κ2) is 48.3. The molecular formula is C90H82Cl6FN23O8. The molecule has 0 saturated heterocycles. The Balaban J connectivity index is 0.000000163. The van der Waals surface area contributed by atoms with Crippen molar-refractivity contribution in [3.05, 3.63) is 342 Å². The summed E-state index contributed by atoms with van der Waals surface area (Å²) in [6, 6.07) is 61.7. The number of carbonyl (C=O) groups excluding carboxylic acids is 4. The summed E-state index contributed by atoms with van der Waals surface area (Å²) in [7, 11) is 0. The monoisotopic (exact) mass is 1840 g/mol. The number of alkyl halides is 1. The fourth-order valence-corrected chi connectivity index (χ4v) is 12.0. The smallest absolute Gasteiger partial charge is 0.358 e. The average Bonchev–Trinajstić information content (AvgIpc) is 1.71. The first kappa shape index (κ1) is 95.9. The highest BCUT2D eigenvalue weighted by Crippen LogP contribution is 2.29. The second-order valence-corrected chi connectivity index (χ2v) is 29.6. The number of aliphatic hydroxyl groups excluding tert-OH is 2. The summed E-state index contributed by atoms with van der Waals surface area (Å²) in [5, 5.41) is 55.6. The number of nitrogens with two attached hydrogens (primary N) is 2. The van der Waals surface area contributed by atoms with Crippen molar-refractivity contribution < 1.29 is 43.3 Å². The van der Waals surface area contributed by atoms with E-state index in [0.717, 1.165) is 50.1 Å². The van der Waals surface area contributed by atoms with Crippen molar-refractivity contribution in [3.8, 4) is 29.1 Å². The molecule has 0 radical (unpaired) electrons. The highest BCUT2D eigenvalue weighted by molar-refractivity contribution is 6.32. The molecule has 0 aliphatic carbocycles.